The number of benzene rings is 2. The van der Waals surface area contributed by atoms with E-state index in [9.17, 15) is 10.1 Å². The highest BCUT2D eigenvalue weighted by Gasteiger charge is 2.14. The van der Waals surface area contributed by atoms with Crippen molar-refractivity contribution >= 4 is 21.6 Å². The second-order valence-corrected chi connectivity index (χ2v) is 5.11. The second kappa shape index (κ2) is 6.05. The molecule has 0 bridgehead atoms. The summed E-state index contributed by atoms with van der Waals surface area (Å²) in [5.41, 5.74) is 2.88. The molecule has 4 nitrogen and oxygen atoms in total. The number of halogens is 1. The highest BCUT2D eigenvalue weighted by molar-refractivity contribution is 9.08. The molecule has 0 amide bonds. The molecule has 0 heterocycles. The van der Waals surface area contributed by atoms with Crippen LogP contribution in [0.1, 0.15) is 16.7 Å². The Morgan fingerprint density at radius 3 is 2.55 bits per heavy atom. The Hall–Kier alpha value is -1.88. The number of alkyl halides is 1. The van der Waals surface area contributed by atoms with Crippen LogP contribution in [0.15, 0.2) is 36.4 Å². The predicted octanol–water partition coefficient (Wildman–Crippen LogP) is 4.90. The molecule has 0 aromatic heterocycles. The van der Waals surface area contributed by atoms with Gasteiger partial charge in [0.1, 0.15) is 11.5 Å². The van der Waals surface area contributed by atoms with Crippen LogP contribution in [0, 0.1) is 24.0 Å². The van der Waals surface area contributed by atoms with Gasteiger partial charge < -0.3 is 4.74 Å². The van der Waals surface area contributed by atoms with Crippen molar-refractivity contribution in [3.8, 4) is 11.5 Å². The molecule has 2 aromatic carbocycles. The maximum Gasteiger partial charge on any atom is 0.273 e. The smallest absolute Gasteiger partial charge is 0.273 e. The first-order chi connectivity index (χ1) is 9.51. The number of nitro groups is 1. The third kappa shape index (κ3) is 3.17. The molecule has 0 aliphatic rings. The van der Waals surface area contributed by atoms with E-state index in [4.69, 9.17) is 4.74 Å². The van der Waals surface area contributed by atoms with Crippen molar-refractivity contribution in [2.45, 2.75) is 19.2 Å². The van der Waals surface area contributed by atoms with Gasteiger partial charge in [-0.05, 0) is 37.6 Å². The molecule has 0 atom stereocenters. The van der Waals surface area contributed by atoms with Gasteiger partial charge in [-0.2, -0.15) is 0 Å². The van der Waals surface area contributed by atoms with Crippen molar-refractivity contribution in [2.24, 2.45) is 0 Å². The number of ether oxygens (including phenoxy) is 1. The van der Waals surface area contributed by atoms with E-state index < -0.39 is 4.92 Å². The summed E-state index contributed by atoms with van der Waals surface area (Å²) >= 11 is 3.26. The Balaban J connectivity index is 2.32. The average molecular weight is 336 g/mol. The van der Waals surface area contributed by atoms with Crippen LogP contribution in [-0.4, -0.2) is 4.92 Å². The van der Waals surface area contributed by atoms with E-state index in [1.54, 1.807) is 12.1 Å². The Morgan fingerprint density at radius 1 is 1.20 bits per heavy atom. The fourth-order valence-corrected chi connectivity index (χ4v) is 2.40. The molecule has 2 rings (SSSR count). The summed E-state index contributed by atoms with van der Waals surface area (Å²) in [6, 6.07) is 10.7. The average Bonchev–Trinajstić information content (AvgIpc) is 2.41. The molecule has 0 N–H and O–H groups in total. The predicted molar refractivity (Wildman–Crippen MR) is 81.7 cm³/mol. The molecule has 2 aromatic rings. The number of nitro benzene ring substituents is 1. The lowest BCUT2D eigenvalue weighted by Crippen LogP contribution is -1.95. The fourth-order valence-electron chi connectivity index (χ4n) is 1.95. The minimum absolute atomic E-state index is 0.0925. The summed E-state index contributed by atoms with van der Waals surface area (Å²) < 4.78 is 5.80. The van der Waals surface area contributed by atoms with Crippen molar-refractivity contribution in [3.63, 3.8) is 0 Å². The van der Waals surface area contributed by atoms with Crippen molar-refractivity contribution in [2.75, 3.05) is 0 Å². The first-order valence-corrected chi connectivity index (χ1v) is 7.22. The van der Waals surface area contributed by atoms with Crippen molar-refractivity contribution in [1.29, 1.82) is 0 Å². The quantitative estimate of drug-likeness (QED) is 0.453. The van der Waals surface area contributed by atoms with E-state index in [0.717, 1.165) is 11.3 Å². The first-order valence-electron chi connectivity index (χ1n) is 6.09. The molecule has 0 fully saturated rings. The minimum Gasteiger partial charge on any atom is -0.457 e. The zero-order valence-electron chi connectivity index (χ0n) is 11.2. The maximum atomic E-state index is 10.9. The number of aryl methyl sites for hydroxylation is 2. The van der Waals surface area contributed by atoms with Crippen LogP contribution < -0.4 is 4.74 Å². The Kier molecular flexibility index (Phi) is 4.39. The Morgan fingerprint density at radius 2 is 1.95 bits per heavy atom. The number of nitrogens with zero attached hydrogens (tertiary/aromatic N) is 1. The van der Waals surface area contributed by atoms with Gasteiger partial charge in [-0.25, -0.2) is 0 Å². The number of hydrogen-bond donors (Lipinski definition) is 0. The monoisotopic (exact) mass is 335 g/mol. The molecule has 0 radical (unpaired) electrons. The van der Waals surface area contributed by atoms with Gasteiger partial charge in [0.05, 0.1) is 4.92 Å². The Bertz CT molecular complexity index is 656. The SMILES string of the molecule is Cc1ccc(Oc2ccc([N+](=O)[O-])c(CBr)c2)c(C)c1. The highest BCUT2D eigenvalue weighted by atomic mass is 79.9. The third-order valence-electron chi connectivity index (χ3n) is 2.95. The van der Waals surface area contributed by atoms with Crippen LogP contribution in [-0.2, 0) is 5.33 Å². The summed E-state index contributed by atoms with van der Waals surface area (Å²) in [6.45, 7) is 3.99. The normalized spacial score (nSPS) is 10.3. The summed E-state index contributed by atoms with van der Waals surface area (Å²) in [5.74, 6) is 1.35. The van der Waals surface area contributed by atoms with Crippen molar-refractivity contribution in [3.05, 3.63) is 63.2 Å². The molecule has 104 valence electrons. The number of rotatable bonds is 4. The number of hydrogen-bond acceptors (Lipinski definition) is 3. The van der Waals surface area contributed by atoms with Crippen LogP contribution in [0.2, 0.25) is 0 Å². The molecule has 0 unspecified atom stereocenters. The first kappa shape index (κ1) is 14.5. The van der Waals surface area contributed by atoms with Crippen LogP contribution in [0.4, 0.5) is 5.69 Å². The van der Waals surface area contributed by atoms with E-state index in [-0.39, 0.29) is 5.69 Å². The molecule has 5 heteroatoms. The van der Waals surface area contributed by atoms with E-state index in [2.05, 4.69) is 15.9 Å². The molecule has 20 heavy (non-hydrogen) atoms. The van der Waals surface area contributed by atoms with Crippen LogP contribution in [0.3, 0.4) is 0 Å². The van der Waals surface area contributed by atoms with Gasteiger partial charge in [-0.3, -0.25) is 10.1 Å². The zero-order valence-corrected chi connectivity index (χ0v) is 12.8. The summed E-state index contributed by atoms with van der Waals surface area (Å²) in [5, 5.41) is 11.3. The van der Waals surface area contributed by atoms with E-state index >= 15 is 0 Å². The molecule has 0 saturated carbocycles. The van der Waals surface area contributed by atoms with Gasteiger partial charge in [0, 0.05) is 17.0 Å². The summed E-state index contributed by atoms with van der Waals surface area (Å²) in [4.78, 5) is 10.5. The van der Waals surface area contributed by atoms with Crippen LogP contribution in [0.5, 0.6) is 11.5 Å². The highest BCUT2D eigenvalue weighted by Crippen LogP contribution is 2.30. The lowest BCUT2D eigenvalue weighted by atomic mass is 10.1. The molecule has 0 spiro atoms. The van der Waals surface area contributed by atoms with Crippen molar-refractivity contribution < 1.29 is 9.66 Å². The fraction of sp³-hybridized carbons (Fsp3) is 0.200. The molecular formula is C15H14BrNO3. The molecular weight excluding hydrogens is 322 g/mol. The molecule has 0 saturated heterocycles. The lowest BCUT2D eigenvalue weighted by Gasteiger charge is -2.10. The van der Waals surface area contributed by atoms with Gasteiger partial charge in [0.2, 0.25) is 0 Å². The summed E-state index contributed by atoms with van der Waals surface area (Å²) in [6.07, 6.45) is 0. The standard InChI is InChI=1S/C15H14BrNO3/c1-10-3-6-15(11(2)7-10)20-13-4-5-14(17(18)19)12(8-13)9-16/h3-8H,9H2,1-2H3. The lowest BCUT2D eigenvalue weighted by molar-refractivity contribution is -0.385. The van der Waals surface area contributed by atoms with Gasteiger partial charge in [0.15, 0.2) is 0 Å². The van der Waals surface area contributed by atoms with E-state index in [1.165, 1.54) is 11.6 Å². The third-order valence-corrected chi connectivity index (χ3v) is 3.55. The molecule has 0 aliphatic carbocycles. The molecule has 0 aliphatic heterocycles. The topological polar surface area (TPSA) is 52.4 Å². The largest absolute Gasteiger partial charge is 0.457 e. The van der Waals surface area contributed by atoms with Gasteiger partial charge in [0.25, 0.3) is 5.69 Å². The van der Waals surface area contributed by atoms with Crippen LogP contribution in [0.25, 0.3) is 0 Å². The van der Waals surface area contributed by atoms with Crippen LogP contribution >= 0.6 is 15.9 Å². The minimum atomic E-state index is -0.391. The van der Waals surface area contributed by atoms with E-state index in [0.29, 0.717) is 16.6 Å². The van der Waals surface area contributed by atoms with Gasteiger partial charge >= 0.3 is 0 Å². The zero-order chi connectivity index (χ0) is 14.7. The Labute approximate surface area is 125 Å². The van der Waals surface area contributed by atoms with Gasteiger partial charge in [-0.1, -0.05) is 33.6 Å². The second-order valence-electron chi connectivity index (χ2n) is 4.55. The van der Waals surface area contributed by atoms with E-state index in [1.807, 2.05) is 32.0 Å². The van der Waals surface area contributed by atoms with Gasteiger partial charge in [-0.15, -0.1) is 0 Å². The van der Waals surface area contributed by atoms with Crippen molar-refractivity contribution in [1.82, 2.24) is 0 Å². The summed E-state index contributed by atoms with van der Waals surface area (Å²) in [7, 11) is 0. The maximum absolute atomic E-state index is 10.9.